The standard InChI is InChI=1S/C13H17BrN6S/c1-8(3-15)12(10-6-17-11(14)7-16-10)20-13-18-4-9(21-2)5-19-13/h4-8,12H,3,15H2,1-2H3,(H,18,19,20). The van der Waals surface area contributed by atoms with Crippen LogP contribution in [-0.2, 0) is 0 Å². The maximum absolute atomic E-state index is 5.80. The van der Waals surface area contributed by atoms with Gasteiger partial charge in [0.05, 0.1) is 24.1 Å². The average molecular weight is 369 g/mol. The van der Waals surface area contributed by atoms with Crippen molar-refractivity contribution in [3.63, 3.8) is 0 Å². The average Bonchev–Trinajstić information content (AvgIpc) is 2.53. The molecule has 2 atom stereocenters. The molecule has 2 unspecified atom stereocenters. The quantitative estimate of drug-likeness (QED) is 0.756. The van der Waals surface area contributed by atoms with Gasteiger partial charge in [0.15, 0.2) is 0 Å². The van der Waals surface area contributed by atoms with Gasteiger partial charge in [-0.2, -0.15) is 0 Å². The summed E-state index contributed by atoms with van der Waals surface area (Å²) < 4.78 is 0.700. The molecule has 0 spiro atoms. The summed E-state index contributed by atoms with van der Waals surface area (Å²) in [5, 5.41) is 3.29. The fourth-order valence-electron chi connectivity index (χ4n) is 1.76. The molecule has 0 saturated heterocycles. The van der Waals surface area contributed by atoms with Crippen molar-refractivity contribution in [2.45, 2.75) is 17.9 Å². The first-order valence-electron chi connectivity index (χ1n) is 6.44. The number of nitrogens with zero attached hydrogens (tertiary/aromatic N) is 4. The largest absolute Gasteiger partial charge is 0.345 e. The monoisotopic (exact) mass is 368 g/mol. The Bertz CT molecular complexity index is 562. The zero-order valence-electron chi connectivity index (χ0n) is 11.8. The second-order valence-electron chi connectivity index (χ2n) is 4.55. The van der Waals surface area contributed by atoms with E-state index in [4.69, 9.17) is 5.73 Å². The van der Waals surface area contributed by atoms with Crippen molar-refractivity contribution in [1.29, 1.82) is 0 Å². The second-order valence-corrected chi connectivity index (χ2v) is 6.24. The number of thioether (sulfide) groups is 1. The summed E-state index contributed by atoms with van der Waals surface area (Å²) in [6, 6.07) is -0.0873. The van der Waals surface area contributed by atoms with Crippen LogP contribution in [0, 0.1) is 5.92 Å². The van der Waals surface area contributed by atoms with Gasteiger partial charge in [-0.3, -0.25) is 4.98 Å². The van der Waals surface area contributed by atoms with Gasteiger partial charge in [-0.1, -0.05) is 6.92 Å². The van der Waals surface area contributed by atoms with Crippen LogP contribution in [-0.4, -0.2) is 32.7 Å². The Hall–Kier alpha value is -1.25. The number of rotatable bonds is 6. The minimum atomic E-state index is -0.0873. The highest BCUT2D eigenvalue weighted by molar-refractivity contribution is 9.10. The van der Waals surface area contributed by atoms with E-state index in [1.807, 2.05) is 6.26 Å². The Morgan fingerprint density at radius 3 is 2.43 bits per heavy atom. The highest BCUT2D eigenvalue weighted by Gasteiger charge is 2.21. The molecule has 0 aromatic carbocycles. The molecular weight excluding hydrogens is 352 g/mol. The van der Waals surface area contributed by atoms with Gasteiger partial charge in [-0.15, -0.1) is 11.8 Å². The summed E-state index contributed by atoms with van der Waals surface area (Å²) in [5.41, 5.74) is 6.61. The van der Waals surface area contributed by atoms with Gasteiger partial charge < -0.3 is 11.1 Å². The SMILES string of the molecule is CSc1cnc(NC(c2cnc(Br)cn2)C(C)CN)nc1. The van der Waals surface area contributed by atoms with Crippen molar-refractivity contribution in [3.8, 4) is 0 Å². The molecule has 0 saturated carbocycles. The van der Waals surface area contributed by atoms with Gasteiger partial charge in [0, 0.05) is 17.3 Å². The van der Waals surface area contributed by atoms with Crippen molar-refractivity contribution < 1.29 is 0 Å². The second kappa shape index (κ2) is 7.67. The van der Waals surface area contributed by atoms with Gasteiger partial charge in [-0.25, -0.2) is 15.0 Å². The molecule has 21 heavy (non-hydrogen) atoms. The molecule has 6 nitrogen and oxygen atoms in total. The van der Waals surface area contributed by atoms with E-state index in [1.165, 1.54) is 0 Å². The third kappa shape index (κ3) is 4.36. The van der Waals surface area contributed by atoms with Crippen molar-refractivity contribution in [3.05, 3.63) is 35.1 Å². The van der Waals surface area contributed by atoms with Crippen LogP contribution in [0.3, 0.4) is 0 Å². The van der Waals surface area contributed by atoms with Crippen LogP contribution in [0.5, 0.6) is 0 Å². The lowest BCUT2D eigenvalue weighted by molar-refractivity contribution is 0.495. The molecule has 0 aliphatic heterocycles. The molecule has 0 radical (unpaired) electrons. The van der Waals surface area contributed by atoms with Crippen molar-refractivity contribution in [1.82, 2.24) is 19.9 Å². The van der Waals surface area contributed by atoms with Crippen LogP contribution in [0.1, 0.15) is 18.7 Å². The van der Waals surface area contributed by atoms with Gasteiger partial charge in [-0.05, 0) is 34.6 Å². The summed E-state index contributed by atoms with van der Waals surface area (Å²) >= 11 is 4.89. The molecule has 0 fully saturated rings. The lowest BCUT2D eigenvalue weighted by Gasteiger charge is -2.23. The van der Waals surface area contributed by atoms with E-state index in [0.29, 0.717) is 17.1 Å². The number of nitrogens with one attached hydrogen (secondary N) is 1. The van der Waals surface area contributed by atoms with Crippen LogP contribution in [0.4, 0.5) is 5.95 Å². The lowest BCUT2D eigenvalue weighted by atomic mass is 9.99. The first-order chi connectivity index (χ1) is 10.1. The topological polar surface area (TPSA) is 89.6 Å². The molecule has 2 rings (SSSR count). The first-order valence-corrected chi connectivity index (χ1v) is 8.46. The van der Waals surface area contributed by atoms with Gasteiger partial charge in [0.2, 0.25) is 5.95 Å². The van der Waals surface area contributed by atoms with E-state index in [2.05, 4.69) is 48.1 Å². The number of hydrogen-bond acceptors (Lipinski definition) is 7. The maximum atomic E-state index is 5.80. The molecular formula is C13H17BrN6S. The summed E-state index contributed by atoms with van der Waals surface area (Å²) in [5.74, 6) is 0.729. The molecule has 2 aromatic rings. The number of aromatic nitrogens is 4. The summed E-state index contributed by atoms with van der Waals surface area (Å²) in [4.78, 5) is 18.2. The van der Waals surface area contributed by atoms with Gasteiger partial charge >= 0.3 is 0 Å². The zero-order chi connectivity index (χ0) is 15.2. The van der Waals surface area contributed by atoms with Crippen LogP contribution in [0.15, 0.2) is 34.3 Å². The van der Waals surface area contributed by atoms with Crippen molar-refractivity contribution in [2.24, 2.45) is 11.7 Å². The summed E-state index contributed by atoms with van der Waals surface area (Å²) in [6.45, 7) is 2.58. The van der Waals surface area contributed by atoms with E-state index in [9.17, 15) is 0 Å². The molecule has 0 aliphatic rings. The smallest absolute Gasteiger partial charge is 0.223 e. The van der Waals surface area contributed by atoms with E-state index in [0.717, 1.165) is 10.6 Å². The third-order valence-electron chi connectivity index (χ3n) is 3.05. The minimum Gasteiger partial charge on any atom is -0.345 e. The molecule has 2 aromatic heterocycles. The zero-order valence-corrected chi connectivity index (χ0v) is 14.2. The first kappa shape index (κ1) is 16.1. The Labute approximate surface area is 136 Å². The number of hydrogen-bond donors (Lipinski definition) is 2. The van der Waals surface area contributed by atoms with Crippen LogP contribution in [0.25, 0.3) is 0 Å². The van der Waals surface area contributed by atoms with Crippen LogP contribution >= 0.6 is 27.7 Å². The normalized spacial score (nSPS) is 13.7. The maximum Gasteiger partial charge on any atom is 0.223 e. The third-order valence-corrected chi connectivity index (χ3v) is 4.14. The Morgan fingerprint density at radius 2 is 1.90 bits per heavy atom. The predicted molar refractivity (Wildman–Crippen MR) is 88.1 cm³/mol. The molecule has 112 valence electrons. The van der Waals surface area contributed by atoms with Crippen LogP contribution in [0.2, 0.25) is 0 Å². The Kier molecular flexibility index (Phi) is 5.89. The highest BCUT2D eigenvalue weighted by atomic mass is 79.9. The molecule has 0 aliphatic carbocycles. The lowest BCUT2D eigenvalue weighted by Crippen LogP contribution is -2.26. The van der Waals surface area contributed by atoms with Crippen LogP contribution < -0.4 is 11.1 Å². The van der Waals surface area contributed by atoms with E-state index >= 15 is 0 Å². The van der Waals surface area contributed by atoms with E-state index in [1.54, 1.807) is 36.5 Å². The Morgan fingerprint density at radius 1 is 1.19 bits per heavy atom. The predicted octanol–water partition coefficient (Wildman–Crippen LogP) is 2.50. The Balaban J connectivity index is 2.21. The van der Waals surface area contributed by atoms with Crippen molar-refractivity contribution in [2.75, 3.05) is 18.1 Å². The number of anilines is 1. The summed E-state index contributed by atoms with van der Waals surface area (Å²) in [7, 11) is 0. The van der Waals surface area contributed by atoms with Crippen molar-refractivity contribution >= 4 is 33.6 Å². The molecule has 0 bridgehead atoms. The molecule has 2 heterocycles. The van der Waals surface area contributed by atoms with Gasteiger partial charge in [0.25, 0.3) is 0 Å². The fourth-order valence-corrected chi connectivity index (χ4v) is 2.28. The number of nitrogens with two attached hydrogens (primary N) is 1. The summed E-state index contributed by atoms with van der Waals surface area (Å²) in [6.07, 6.45) is 8.96. The highest BCUT2D eigenvalue weighted by Crippen LogP contribution is 2.24. The molecule has 0 amide bonds. The van der Waals surface area contributed by atoms with E-state index in [-0.39, 0.29) is 12.0 Å². The molecule has 8 heteroatoms. The van der Waals surface area contributed by atoms with E-state index < -0.39 is 0 Å². The van der Waals surface area contributed by atoms with Gasteiger partial charge in [0.1, 0.15) is 4.60 Å². The number of halogens is 1. The molecule has 3 N–H and O–H groups in total. The minimum absolute atomic E-state index is 0.0873. The fraction of sp³-hybridized carbons (Fsp3) is 0.385.